The predicted octanol–water partition coefficient (Wildman–Crippen LogP) is 3.25. The summed E-state index contributed by atoms with van der Waals surface area (Å²) >= 11 is 0. The fourth-order valence-electron chi connectivity index (χ4n) is 1.37. The first-order chi connectivity index (χ1) is 6.88. The van der Waals surface area contributed by atoms with Crippen molar-refractivity contribution >= 4 is 0 Å². The first-order valence-electron chi connectivity index (χ1n) is 4.49. The molecule has 1 rings (SSSR count). The van der Waals surface area contributed by atoms with E-state index < -0.39 is 23.6 Å². The summed E-state index contributed by atoms with van der Waals surface area (Å²) in [5.74, 6) is -1.27. The zero-order valence-electron chi connectivity index (χ0n) is 8.11. The maximum Gasteiger partial charge on any atom is 0.419 e. The van der Waals surface area contributed by atoms with Crippen LogP contribution >= 0.6 is 0 Å². The van der Waals surface area contributed by atoms with E-state index >= 15 is 0 Å². The Labute approximate surface area is 84.9 Å². The molecule has 0 aliphatic heterocycles. The molecule has 0 aliphatic rings. The van der Waals surface area contributed by atoms with Gasteiger partial charge in [-0.2, -0.15) is 13.2 Å². The Hall–Kier alpha value is -1.10. The lowest BCUT2D eigenvalue weighted by molar-refractivity contribution is -0.140. The van der Waals surface area contributed by atoms with Crippen molar-refractivity contribution in [3.05, 3.63) is 35.1 Å². The molecule has 1 nitrogen and oxygen atoms in total. The molecular formula is C10H11F4N. The summed E-state index contributed by atoms with van der Waals surface area (Å²) in [5, 5.41) is 0. The highest BCUT2D eigenvalue weighted by molar-refractivity contribution is 5.33. The molecular weight excluding hydrogens is 210 g/mol. The third-order valence-corrected chi connectivity index (χ3v) is 2.17. The molecule has 0 unspecified atom stereocenters. The quantitative estimate of drug-likeness (QED) is 0.762. The standard InChI is InChI=1S/C10H11F4N/c1-2-8(15)6-4-3-5-7(11)9(6)10(12,13)14/h3-5,8H,2,15H2,1H3/t8-/m0/s1. The second kappa shape index (κ2) is 4.18. The third-order valence-electron chi connectivity index (χ3n) is 2.17. The second-order valence-electron chi connectivity index (χ2n) is 3.22. The minimum Gasteiger partial charge on any atom is -0.324 e. The molecule has 5 heteroatoms. The molecule has 0 aliphatic carbocycles. The average Bonchev–Trinajstić information content (AvgIpc) is 2.14. The Morgan fingerprint density at radius 2 is 1.93 bits per heavy atom. The Morgan fingerprint density at radius 1 is 1.33 bits per heavy atom. The zero-order valence-corrected chi connectivity index (χ0v) is 8.11. The summed E-state index contributed by atoms with van der Waals surface area (Å²) in [6.07, 6.45) is -4.38. The largest absolute Gasteiger partial charge is 0.419 e. The van der Waals surface area contributed by atoms with Crippen molar-refractivity contribution < 1.29 is 17.6 Å². The van der Waals surface area contributed by atoms with Gasteiger partial charge in [0, 0.05) is 6.04 Å². The van der Waals surface area contributed by atoms with Crippen LogP contribution in [0.2, 0.25) is 0 Å². The van der Waals surface area contributed by atoms with E-state index in [-0.39, 0.29) is 5.56 Å². The Morgan fingerprint density at radius 3 is 2.40 bits per heavy atom. The topological polar surface area (TPSA) is 26.0 Å². The summed E-state index contributed by atoms with van der Waals surface area (Å²) in [6.45, 7) is 1.65. The minimum absolute atomic E-state index is 0.190. The van der Waals surface area contributed by atoms with Crippen LogP contribution in [0, 0.1) is 5.82 Å². The molecule has 0 spiro atoms. The van der Waals surface area contributed by atoms with Crippen molar-refractivity contribution in [1.82, 2.24) is 0 Å². The summed E-state index contributed by atoms with van der Waals surface area (Å²) in [7, 11) is 0. The van der Waals surface area contributed by atoms with E-state index in [2.05, 4.69) is 0 Å². The summed E-state index contributed by atoms with van der Waals surface area (Å²) in [6, 6.07) is 2.43. The summed E-state index contributed by atoms with van der Waals surface area (Å²) < 4.78 is 50.6. The predicted molar refractivity (Wildman–Crippen MR) is 48.6 cm³/mol. The van der Waals surface area contributed by atoms with Crippen molar-refractivity contribution in [3.63, 3.8) is 0 Å². The Balaban J connectivity index is 3.33. The highest BCUT2D eigenvalue weighted by Gasteiger charge is 2.37. The van der Waals surface area contributed by atoms with Crippen LogP contribution in [0.5, 0.6) is 0 Å². The average molecular weight is 221 g/mol. The van der Waals surface area contributed by atoms with Gasteiger partial charge in [0.2, 0.25) is 0 Å². The molecule has 0 aromatic heterocycles. The molecule has 1 atom stereocenters. The number of halogens is 4. The first kappa shape index (κ1) is 12.0. The normalized spacial score (nSPS) is 14.0. The number of hydrogen-bond donors (Lipinski definition) is 1. The number of hydrogen-bond acceptors (Lipinski definition) is 1. The van der Waals surface area contributed by atoms with Crippen molar-refractivity contribution in [3.8, 4) is 0 Å². The smallest absolute Gasteiger partial charge is 0.324 e. The van der Waals surface area contributed by atoms with E-state index in [0.29, 0.717) is 6.42 Å². The van der Waals surface area contributed by atoms with Gasteiger partial charge in [0.25, 0.3) is 0 Å². The zero-order chi connectivity index (χ0) is 11.6. The first-order valence-corrected chi connectivity index (χ1v) is 4.49. The van der Waals surface area contributed by atoms with Crippen LogP contribution in [0.15, 0.2) is 18.2 Å². The molecule has 84 valence electrons. The van der Waals surface area contributed by atoms with Crippen LogP contribution in [0.3, 0.4) is 0 Å². The minimum atomic E-state index is -4.70. The number of nitrogens with two attached hydrogens (primary N) is 1. The van der Waals surface area contributed by atoms with Crippen molar-refractivity contribution in [1.29, 1.82) is 0 Å². The fourth-order valence-corrected chi connectivity index (χ4v) is 1.37. The molecule has 0 saturated heterocycles. The SMILES string of the molecule is CC[C@H](N)c1cccc(F)c1C(F)(F)F. The fraction of sp³-hybridized carbons (Fsp3) is 0.400. The summed E-state index contributed by atoms with van der Waals surface area (Å²) in [5.41, 5.74) is 4.05. The van der Waals surface area contributed by atoms with Crippen molar-refractivity contribution in [2.45, 2.75) is 25.6 Å². The van der Waals surface area contributed by atoms with Crippen LogP contribution in [-0.4, -0.2) is 0 Å². The number of benzene rings is 1. The lowest BCUT2D eigenvalue weighted by Gasteiger charge is -2.17. The molecule has 1 aromatic rings. The third kappa shape index (κ3) is 2.47. The molecule has 0 amide bonds. The molecule has 2 N–H and O–H groups in total. The monoisotopic (exact) mass is 221 g/mol. The van der Waals surface area contributed by atoms with Crippen LogP contribution in [-0.2, 0) is 6.18 Å². The highest BCUT2D eigenvalue weighted by atomic mass is 19.4. The van der Waals surface area contributed by atoms with Gasteiger partial charge >= 0.3 is 6.18 Å². The number of alkyl halides is 3. The van der Waals surface area contributed by atoms with Crippen LogP contribution in [0.4, 0.5) is 17.6 Å². The highest BCUT2D eigenvalue weighted by Crippen LogP contribution is 2.36. The van der Waals surface area contributed by atoms with E-state index in [9.17, 15) is 17.6 Å². The van der Waals surface area contributed by atoms with E-state index in [4.69, 9.17) is 5.73 Å². The Kier molecular flexibility index (Phi) is 3.34. The van der Waals surface area contributed by atoms with Crippen molar-refractivity contribution in [2.75, 3.05) is 0 Å². The maximum atomic E-state index is 13.1. The second-order valence-corrected chi connectivity index (χ2v) is 3.22. The molecule has 0 saturated carbocycles. The van der Waals surface area contributed by atoms with Gasteiger partial charge in [-0.05, 0) is 18.1 Å². The van der Waals surface area contributed by atoms with Crippen molar-refractivity contribution in [2.24, 2.45) is 5.73 Å². The van der Waals surface area contributed by atoms with Crippen LogP contribution in [0.25, 0.3) is 0 Å². The van der Waals surface area contributed by atoms with Gasteiger partial charge in [0.15, 0.2) is 0 Å². The van der Waals surface area contributed by atoms with Gasteiger partial charge in [-0.3, -0.25) is 0 Å². The Bertz CT molecular complexity index is 346. The van der Waals surface area contributed by atoms with Gasteiger partial charge in [-0.1, -0.05) is 19.1 Å². The lowest BCUT2D eigenvalue weighted by atomic mass is 9.98. The number of rotatable bonds is 2. The molecule has 0 bridgehead atoms. The van der Waals surface area contributed by atoms with E-state index in [0.717, 1.165) is 6.07 Å². The molecule has 0 radical (unpaired) electrons. The molecule has 1 aromatic carbocycles. The van der Waals surface area contributed by atoms with Gasteiger partial charge in [0.1, 0.15) is 5.82 Å². The van der Waals surface area contributed by atoms with Gasteiger partial charge in [0.05, 0.1) is 5.56 Å². The van der Waals surface area contributed by atoms with Gasteiger partial charge < -0.3 is 5.73 Å². The van der Waals surface area contributed by atoms with Gasteiger partial charge in [-0.25, -0.2) is 4.39 Å². The summed E-state index contributed by atoms with van der Waals surface area (Å²) in [4.78, 5) is 0. The van der Waals surface area contributed by atoms with E-state index in [1.807, 2.05) is 0 Å². The van der Waals surface area contributed by atoms with E-state index in [1.54, 1.807) is 6.92 Å². The maximum absolute atomic E-state index is 13.1. The van der Waals surface area contributed by atoms with E-state index in [1.165, 1.54) is 12.1 Å². The molecule has 0 heterocycles. The lowest BCUT2D eigenvalue weighted by Crippen LogP contribution is -2.18. The van der Waals surface area contributed by atoms with Gasteiger partial charge in [-0.15, -0.1) is 0 Å². The van der Waals surface area contributed by atoms with Crippen LogP contribution < -0.4 is 5.73 Å². The molecule has 15 heavy (non-hydrogen) atoms. The molecule has 0 fully saturated rings. The van der Waals surface area contributed by atoms with Crippen LogP contribution in [0.1, 0.15) is 30.5 Å².